The maximum atomic E-state index is 12.5. The number of terminal acetylenes is 1. The lowest BCUT2D eigenvalue weighted by Crippen LogP contribution is -2.38. The van der Waals surface area contributed by atoms with E-state index in [4.69, 9.17) is 6.42 Å². The Hall–Kier alpha value is -0.800. The van der Waals surface area contributed by atoms with Crippen LogP contribution in [0.3, 0.4) is 0 Å². The average molecular weight is 255 g/mol. The molecule has 0 radical (unpaired) electrons. The van der Waals surface area contributed by atoms with Crippen LogP contribution in [-0.2, 0) is 4.74 Å². The summed E-state index contributed by atoms with van der Waals surface area (Å²) in [6.07, 6.45) is 2.54. The number of hydrogen-bond acceptors (Lipinski definition) is 2. The first-order valence-electron chi connectivity index (χ1n) is 5.34. The average Bonchev–Trinajstić information content (AvgIpc) is 2.25. The Bertz CT molecular complexity index is 240. The van der Waals surface area contributed by atoms with Gasteiger partial charge in [-0.05, 0) is 13.0 Å². The van der Waals surface area contributed by atoms with E-state index in [-0.39, 0.29) is 12.6 Å². The Labute approximate surface area is 98.7 Å². The molecule has 0 aliphatic heterocycles. The van der Waals surface area contributed by atoms with Gasteiger partial charge >= 0.3 is 12.3 Å². The van der Waals surface area contributed by atoms with Crippen LogP contribution in [0.15, 0.2) is 0 Å². The van der Waals surface area contributed by atoms with E-state index in [1.54, 1.807) is 0 Å². The Balaban J connectivity index is 3.93. The topological polar surface area (TPSA) is 21.3 Å². The summed E-state index contributed by atoms with van der Waals surface area (Å²) >= 11 is 0. The highest BCUT2D eigenvalue weighted by Crippen LogP contribution is 2.22. The van der Waals surface area contributed by atoms with Gasteiger partial charge in [0.2, 0.25) is 0 Å². The van der Waals surface area contributed by atoms with Crippen molar-refractivity contribution in [2.24, 2.45) is 0 Å². The predicted octanol–water partition coefficient (Wildman–Crippen LogP) is 2.29. The molecule has 0 saturated heterocycles. The zero-order valence-electron chi connectivity index (χ0n) is 9.69. The molecular weight excluding hydrogens is 238 g/mol. The Morgan fingerprint density at radius 1 is 1.41 bits per heavy atom. The Kier molecular flexibility index (Phi) is 7.92. The maximum absolute atomic E-state index is 12.5. The summed E-state index contributed by atoms with van der Waals surface area (Å²) in [5.41, 5.74) is 0. The van der Waals surface area contributed by atoms with Crippen molar-refractivity contribution in [2.75, 3.05) is 19.8 Å². The molecule has 0 saturated carbocycles. The van der Waals surface area contributed by atoms with Crippen LogP contribution in [0.25, 0.3) is 0 Å². The smallest absolute Gasteiger partial charge is 0.330 e. The number of alkyl halides is 4. The second-order valence-electron chi connectivity index (χ2n) is 3.64. The summed E-state index contributed by atoms with van der Waals surface area (Å²) < 4.78 is 53.2. The summed E-state index contributed by atoms with van der Waals surface area (Å²) in [6.45, 7) is 1.21. The van der Waals surface area contributed by atoms with Gasteiger partial charge < -0.3 is 10.1 Å². The quantitative estimate of drug-likeness (QED) is 0.504. The standard InChI is InChI=1S/C11H17F4NO/c1-3-5-9(16-6-4-2)7-17-8-11(14,15)10(12)13/h1,9-10,16H,4-8H2,2H3. The molecule has 0 aliphatic carbocycles. The molecule has 0 aromatic heterocycles. The molecule has 17 heavy (non-hydrogen) atoms. The summed E-state index contributed by atoms with van der Waals surface area (Å²) in [5, 5.41) is 2.99. The third-order valence-electron chi connectivity index (χ3n) is 1.98. The maximum Gasteiger partial charge on any atom is 0.330 e. The van der Waals surface area contributed by atoms with E-state index in [1.165, 1.54) is 0 Å². The highest BCUT2D eigenvalue weighted by Gasteiger charge is 2.41. The van der Waals surface area contributed by atoms with Crippen molar-refractivity contribution in [1.82, 2.24) is 5.32 Å². The molecule has 0 amide bonds. The van der Waals surface area contributed by atoms with Crippen LogP contribution in [-0.4, -0.2) is 38.1 Å². The first kappa shape index (κ1) is 16.2. The van der Waals surface area contributed by atoms with Crippen LogP contribution in [0.2, 0.25) is 0 Å². The molecule has 1 atom stereocenters. The van der Waals surface area contributed by atoms with Gasteiger partial charge in [-0.15, -0.1) is 12.3 Å². The van der Waals surface area contributed by atoms with E-state index in [9.17, 15) is 17.6 Å². The predicted molar refractivity (Wildman–Crippen MR) is 57.3 cm³/mol. The van der Waals surface area contributed by atoms with E-state index in [1.807, 2.05) is 6.92 Å². The van der Waals surface area contributed by atoms with Crippen LogP contribution in [0.1, 0.15) is 19.8 Å². The van der Waals surface area contributed by atoms with Crippen LogP contribution in [0, 0.1) is 12.3 Å². The van der Waals surface area contributed by atoms with Crippen molar-refractivity contribution >= 4 is 0 Å². The van der Waals surface area contributed by atoms with E-state index in [0.717, 1.165) is 6.42 Å². The van der Waals surface area contributed by atoms with Gasteiger partial charge in [-0.2, -0.15) is 8.78 Å². The lowest BCUT2D eigenvalue weighted by atomic mass is 10.2. The van der Waals surface area contributed by atoms with Gasteiger partial charge in [0, 0.05) is 12.5 Å². The third kappa shape index (κ3) is 7.18. The Morgan fingerprint density at radius 2 is 2.06 bits per heavy atom. The van der Waals surface area contributed by atoms with Crippen molar-refractivity contribution in [1.29, 1.82) is 0 Å². The van der Waals surface area contributed by atoms with Gasteiger partial charge in [0.25, 0.3) is 0 Å². The molecule has 0 spiro atoms. The minimum Gasteiger partial charge on any atom is -0.373 e. The molecule has 6 heteroatoms. The first-order chi connectivity index (χ1) is 7.94. The van der Waals surface area contributed by atoms with Crippen LogP contribution >= 0.6 is 0 Å². The molecule has 1 unspecified atom stereocenters. The highest BCUT2D eigenvalue weighted by molar-refractivity contribution is 4.89. The fourth-order valence-electron chi connectivity index (χ4n) is 1.08. The van der Waals surface area contributed by atoms with Crippen molar-refractivity contribution in [3.8, 4) is 12.3 Å². The van der Waals surface area contributed by atoms with Gasteiger partial charge in [-0.25, -0.2) is 8.78 Å². The van der Waals surface area contributed by atoms with Crippen molar-refractivity contribution in [3.05, 3.63) is 0 Å². The van der Waals surface area contributed by atoms with Gasteiger partial charge in [0.05, 0.1) is 6.61 Å². The molecular formula is C11H17F4NO. The molecule has 0 bridgehead atoms. The van der Waals surface area contributed by atoms with Gasteiger partial charge in [-0.3, -0.25) is 0 Å². The molecule has 0 rings (SSSR count). The largest absolute Gasteiger partial charge is 0.373 e. The zero-order chi connectivity index (χ0) is 13.3. The Morgan fingerprint density at radius 3 is 2.53 bits per heavy atom. The van der Waals surface area contributed by atoms with Crippen LogP contribution < -0.4 is 5.32 Å². The number of halogens is 4. The monoisotopic (exact) mass is 255 g/mol. The molecule has 0 fully saturated rings. The summed E-state index contributed by atoms with van der Waals surface area (Å²) in [4.78, 5) is 0. The zero-order valence-corrected chi connectivity index (χ0v) is 9.69. The van der Waals surface area contributed by atoms with Gasteiger partial charge in [-0.1, -0.05) is 6.92 Å². The second-order valence-corrected chi connectivity index (χ2v) is 3.64. The molecule has 100 valence electrons. The van der Waals surface area contributed by atoms with Gasteiger partial charge in [0.15, 0.2) is 0 Å². The lowest BCUT2D eigenvalue weighted by molar-refractivity contribution is -0.166. The number of ether oxygens (including phenoxy) is 1. The fraction of sp³-hybridized carbons (Fsp3) is 0.818. The SMILES string of the molecule is C#CCC(COCC(F)(F)C(F)F)NCCC. The van der Waals surface area contributed by atoms with Crippen molar-refractivity contribution in [3.63, 3.8) is 0 Å². The second kappa shape index (κ2) is 8.31. The van der Waals surface area contributed by atoms with Crippen molar-refractivity contribution < 1.29 is 22.3 Å². The minimum atomic E-state index is -4.11. The first-order valence-corrected chi connectivity index (χ1v) is 5.34. The van der Waals surface area contributed by atoms with Crippen LogP contribution in [0.4, 0.5) is 17.6 Å². The normalized spacial score (nSPS) is 13.7. The van der Waals surface area contributed by atoms with E-state index in [0.29, 0.717) is 13.0 Å². The number of nitrogens with one attached hydrogen (secondary N) is 1. The molecule has 0 aliphatic rings. The fourth-order valence-corrected chi connectivity index (χ4v) is 1.08. The third-order valence-corrected chi connectivity index (χ3v) is 1.98. The molecule has 0 aromatic rings. The van der Waals surface area contributed by atoms with E-state index >= 15 is 0 Å². The van der Waals surface area contributed by atoms with Crippen LogP contribution in [0.5, 0.6) is 0 Å². The highest BCUT2D eigenvalue weighted by atomic mass is 19.3. The molecule has 0 aromatic carbocycles. The lowest BCUT2D eigenvalue weighted by Gasteiger charge is -2.19. The minimum absolute atomic E-state index is 0.105. The summed E-state index contributed by atoms with van der Waals surface area (Å²) in [6, 6.07) is -0.284. The molecule has 0 heterocycles. The number of rotatable bonds is 9. The summed E-state index contributed by atoms with van der Waals surface area (Å²) in [5.74, 6) is -1.74. The van der Waals surface area contributed by atoms with Gasteiger partial charge in [0.1, 0.15) is 6.61 Å². The molecule has 2 nitrogen and oxygen atoms in total. The van der Waals surface area contributed by atoms with E-state index in [2.05, 4.69) is 16.0 Å². The molecule has 1 N–H and O–H groups in total. The van der Waals surface area contributed by atoms with E-state index < -0.39 is 19.0 Å². The summed E-state index contributed by atoms with van der Waals surface area (Å²) in [7, 11) is 0. The number of hydrogen-bond donors (Lipinski definition) is 1. The van der Waals surface area contributed by atoms with Crippen molar-refractivity contribution in [2.45, 2.75) is 38.2 Å².